The van der Waals surface area contributed by atoms with Gasteiger partial charge in [0.15, 0.2) is 29.0 Å². The van der Waals surface area contributed by atoms with E-state index in [4.69, 9.17) is 9.47 Å². The molecule has 0 radical (unpaired) electrons. The second kappa shape index (κ2) is 11.6. The number of nitrogens with zero attached hydrogens (tertiary/aromatic N) is 6. The van der Waals surface area contributed by atoms with Crippen molar-refractivity contribution in [1.82, 2.24) is 34.1 Å². The van der Waals surface area contributed by atoms with Crippen LogP contribution in [0.5, 0.6) is 11.5 Å². The van der Waals surface area contributed by atoms with Gasteiger partial charge in [-0.15, -0.1) is 12.4 Å². The Kier molecular flexibility index (Phi) is 8.28. The Labute approximate surface area is 240 Å². The van der Waals surface area contributed by atoms with Gasteiger partial charge in [-0.25, -0.2) is 14.2 Å². The van der Waals surface area contributed by atoms with Crippen LogP contribution < -0.4 is 20.5 Å². The molecule has 17 heteroatoms. The Bertz CT molecular complexity index is 1810. The van der Waals surface area contributed by atoms with Crippen LogP contribution in [0.3, 0.4) is 0 Å². The fraction of sp³-hybridized carbons (Fsp3) is 0.240. The number of aromatic amines is 1. The van der Waals surface area contributed by atoms with E-state index in [-0.39, 0.29) is 58.5 Å². The highest BCUT2D eigenvalue weighted by Gasteiger charge is 2.33. The molecule has 2 aromatic carbocycles. The Morgan fingerprint density at radius 1 is 1.17 bits per heavy atom. The molecule has 222 valence electrons. The number of amides is 1. The summed E-state index contributed by atoms with van der Waals surface area (Å²) >= 11 is 0. The molecule has 2 N–H and O–H groups in total. The summed E-state index contributed by atoms with van der Waals surface area (Å²) in [5, 5.41) is 12.8. The van der Waals surface area contributed by atoms with Gasteiger partial charge in [0.1, 0.15) is 19.5 Å². The van der Waals surface area contributed by atoms with E-state index in [2.05, 4.69) is 25.6 Å². The minimum Gasteiger partial charge on any atom is -0.493 e. The highest BCUT2D eigenvalue weighted by Crippen LogP contribution is 2.41. The van der Waals surface area contributed by atoms with Gasteiger partial charge in [-0.05, 0) is 29.8 Å². The van der Waals surface area contributed by atoms with Crippen molar-refractivity contribution in [2.45, 2.75) is 19.3 Å². The summed E-state index contributed by atoms with van der Waals surface area (Å²) in [5.41, 5.74) is -2.12. The molecule has 5 rings (SSSR count). The van der Waals surface area contributed by atoms with Crippen LogP contribution in [0.2, 0.25) is 0 Å². The monoisotopic (exact) mass is 610 g/mol. The summed E-state index contributed by atoms with van der Waals surface area (Å²) in [7, 11) is 4.23. The van der Waals surface area contributed by atoms with Crippen molar-refractivity contribution in [2.24, 2.45) is 14.1 Å². The number of fused-ring (bicyclic) bond motifs is 1. The van der Waals surface area contributed by atoms with Crippen LogP contribution in [0.25, 0.3) is 22.2 Å². The summed E-state index contributed by atoms with van der Waals surface area (Å²) in [6.07, 6.45) is -2.00. The smallest absolute Gasteiger partial charge is 0.416 e. The number of carbonyl (C=O) groups is 1. The molecular weight excluding hydrogens is 588 g/mol. The number of benzene rings is 2. The highest BCUT2D eigenvalue weighted by molar-refractivity contribution is 5.96. The average Bonchev–Trinajstić information content (AvgIpc) is 3.64. The van der Waals surface area contributed by atoms with E-state index in [0.717, 1.165) is 27.3 Å². The molecule has 3 heterocycles. The largest absolute Gasteiger partial charge is 0.493 e. The number of rotatable bonds is 8. The van der Waals surface area contributed by atoms with Crippen molar-refractivity contribution in [3.63, 3.8) is 0 Å². The predicted molar refractivity (Wildman–Crippen MR) is 144 cm³/mol. The van der Waals surface area contributed by atoms with Crippen molar-refractivity contribution in [3.8, 4) is 22.6 Å². The molecule has 0 aliphatic carbocycles. The second-order valence-corrected chi connectivity index (χ2v) is 8.95. The van der Waals surface area contributed by atoms with Crippen LogP contribution in [0.1, 0.15) is 11.4 Å². The van der Waals surface area contributed by atoms with E-state index >= 15 is 4.39 Å². The van der Waals surface area contributed by atoms with E-state index in [1.54, 1.807) is 13.2 Å². The lowest BCUT2D eigenvalue weighted by molar-refractivity contribution is -0.137. The number of hydrogen-bond donors (Lipinski definition) is 2. The predicted octanol–water partition coefficient (Wildman–Crippen LogP) is 3.66. The first-order valence-electron chi connectivity index (χ1n) is 11.9. The maximum Gasteiger partial charge on any atom is 0.416 e. The van der Waals surface area contributed by atoms with Crippen molar-refractivity contribution in [2.75, 3.05) is 12.4 Å². The molecule has 0 spiro atoms. The number of anilines is 1. The summed E-state index contributed by atoms with van der Waals surface area (Å²) in [6, 6.07) is 5.37. The summed E-state index contributed by atoms with van der Waals surface area (Å²) in [5.74, 6) is -1.51. The van der Waals surface area contributed by atoms with Gasteiger partial charge < -0.3 is 14.8 Å². The zero-order valence-electron chi connectivity index (χ0n) is 22.2. The van der Waals surface area contributed by atoms with Crippen molar-refractivity contribution in [1.29, 1.82) is 0 Å². The zero-order chi connectivity index (χ0) is 29.5. The first-order chi connectivity index (χ1) is 19.5. The van der Waals surface area contributed by atoms with Gasteiger partial charge in [0.2, 0.25) is 5.91 Å². The van der Waals surface area contributed by atoms with E-state index in [1.807, 2.05) is 0 Å². The van der Waals surface area contributed by atoms with Gasteiger partial charge in [0.05, 0.1) is 23.7 Å². The molecule has 5 aromatic rings. The average molecular weight is 611 g/mol. The van der Waals surface area contributed by atoms with Crippen molar-refractivity contribution in [3.05, 3.63) is 70.5 Å². The Morgan fingerprint density at radius 2 is 1.93 bits per heavy atom. The fourth-order valence-electron chi connectivity index (χ4n) is 4.36. The molecular formula is C25H23ClF4N8O4. The summed E-state index contributed by atoms with van der Waals surface area (Å²) < 4.78 is 71.5. The SMILES string of the molecule is COc1cc(-c2cc(C(F)(F)F)cc3c2n(C)c(=O)n3CC(=O)Nc2ccn(C)n2)cc(F)c1OCc1ncn[nH]1.Cl. The number of hydrogen-bond acceptors (Lipinski definition) is 7. The normalized spacial score (nSPS) is 11.4. The van der Waals surface area contributed by atoms with E-state index in [0.29, 0.717) is 5.82 Å². The number of halogens is 5. The van der Waals surface area contributed by atoms with E-state index in [9.17, 15) is 22.8 Å². The number of alkyl halides is 3. The molecule has 0 aliphatic rings. The third-order valence-corrected chi connectivity index (χ3v) is 6.20. The van der Waals surface area contributed by atoms with Crippen LogP contribution in [0.4, 0.5) is 23.4 Å². The van der Waals surface area contributed by atoms with Crippen LogP contribution in [0, 0.1) is 5.82 Å². The Balaban J connectivity index is 0.00000405. The zero-order valence-corrected chi connectivity index (χ0v) is 23.0. The number of H-pyrrole nitrogens is 1. The van der Waals surface area contributed by atoms with Crippen LogP contribution in [-0.4, -0.2) is 47.1 Å². The maximum atomic E-state index is 15.3. The topological polar surface area (TPSA) is 134 Å². The highest BCUT2D eigenvalue weighted by atomic mass is 35.5. The first kappa shape index (κ1) is 30.1. The molecule has 12 nitrogen and oxygen atoms in total. The van der Waals surface area contributed by atoms with Crippen molar-refractivity contribution >= 4 is 35.2 Å². The van der Waals surface area contributed by atoms with Gasteiger partial charge >= 0.3 is 11.9 Å². The van der Waals surface area contributed by atoms with Gasteiger partial charge in [-0.3, -0.25) is 23.7 Å². The number of aryl methyl sites for hydroxylation is 2. The molecule has 0 saturated carbocycles. The van der Waals surface area contributed by atoms with Gasteiger partial charge in [0, 0.05) is 31.9 Å². The second-order valence-electron chi connectivity index (χ2n) is 8.95. The molecule has 3 aromatic heterocycles. The first-order valence-corrected chi connectivity index (χ1v) is 11.9. The minimum atomic E-state index is -4.82. The molecule has 0 unspecified atom stereocenters. The number of imidazole rings is 1. The maximum absolute atomic E-state index is 15.3. The Morgan fingerprint density at radius 3 is 2.55 bits per heavy atom. The quantitative estimate of drug-likeness (QED) is 0.256. The summed E-state index contributed by atoms with van der Waals surface area (Å²) in [4.78, 5) is 29.8. The number of nitrogens with one attached hydrogen (secondary N) is 2. The lowest BCUT2D eigenvalue weighted by atomic mass is 9.99. The molecule has 42 heavy (non-hydrogen) atoms. The van der Waals surface area contributed by atoms with Crippen LogP contribution in [0.15, 0.2) is 47.7 Å². The van der Waals surface area contributed by atoms with Crippen molar-refractivity contribution < 1.29 is 31.8 Å². The lowest BCUT2D eigenvalue weighted by Gasteiger charge is -2.15. The lowest BCUT2D eigenvalue weighted by Crippen LogP contribution is -2.28. The van der Waals surface area contributed by atoms with Crippen LogP contribution >= 0.6 is 12.4 Å². The minimum absolute atomic E-state index is 0. The number of carbonyl (C=O) groups excluding carboxylic acids is 1. The van der Waals surface area contributed by atoms with E-state index < -0.39 is 35.7 Å². The van der Waals surface area contributed by atoms with Crippen LogP contribution in [-0.2, 0) is 38.2 Å². The van der Waals surface area contributed by atoms with E-state index in [1.165, 1.54) is 37.3 Å². The number of ether oxygens (including phenoxy) is 2. The molecule has 0 atom stereocenters. The van der Waals surface area contributed by atoms with Gasteiger partial charge in [-0.1, -0.05) is 0 Å². The molecule has 0 fully saturated rings. The fourth-order valence-corrected chi connectivity index (χ4v) is 4.36. The molecule has 1 amide bonds. The molecule has 0 aliphatic heterocycles. The number of aromatic nitrogens is 7. The molecule has 0 saturated heterocycles. The standard InChI is InChI=1S/C25H22F4N8O4.ClH/c1-35-5-4-19(34-35)32-21(38)10-37-17-9-14(25(27,28)29)8-15(22(17)36(2)24(37)39)13-6-16(26)23(18(7-13)40-3)41-11-20-30-12-31-33-20;/h4-9,12H,10-11H2,1-3H3,(H,30,31,33)(H,32,34,38);1H. The third kappa shape index (κ3) is 5.79. The third-order valence-electron chi connectivity index (χ3n) is 6.20. The van der Waals surface area contributed by atoms with Gasteiger partial charge in [0.25, 0.3) is 0 Å². The summed E-state index contributed by atoms with van der Waals surface area (Å²) in [6.45, 7) is -0.780. The molecule has 0 bridgehead atoms. The van der Waals surface area contributed by atoms with Gasteiger partial charge in [-0.2, -0.15) is 23.4 Å². The number of methoxy groups -OCH3 is 1. The Hall–Kier alpha value is -4.86.